The first-order chi connectivity index (χ1) is 12.8. The van der Waals surface area contributed by atoms with E-state index in [1.54, 1.807) is 13.0 Å². The zero-order chi connectivity index (χ0) is 20.0. The van der Waals surface area contributed by atoms with Crippen LogP contribution in [0.25, 0.3) is 0 Å². The minimum atomic E-state index is -3.00. The lowest BCUT2D eigenvalue weighted by atomic mass is 10.1. The monoisotopic (exact) mass is 381 g/mol. The summed E-state index contributed by atoms with van der Waals surface area (Å²) in [5.74, 6) is 0.165. The van der Waals surface area contributed by atoms with Gasteiger partial charge in [0, 0.05) is 17.7 Å². The molecule has 1 atom stereocenters. The highest BCUT2D eigenvalue weighted by Crippen LogP contribution is 2.30. The molecule has 0 saturated heterocycles. The summed E-state index contributed by atoms with van der Waals surface area (Å²) in [6.45, 7) is -1.42. The quantitative estimate of drug-likeness (QED) is 0.555. The Kier molecular flexibility index (Phi) is 6.47. The molecule has 144 valence electrons. The van der Waals surface area contributed by atoms with Crippen molar-refractivity contribution in [1.82, 2.24) is 5.32 Å². The third-order valence-electron chi connectivity index (χ3n) is 3.59. The lowest BCUT2D eigenvalue weighted by Crippen LogP contribution is -2.31. The van der Waals surface area contributed by atoms with Crippen LogP contribution in [0.15, 0.2) is 42.5 Å². The number of para-hydroxylation sites is 1. The molecule has 2 amide bonds. The highest BCUT2D eigenvalue weighted by molar-refractivity contribution is 5.91. The maximum atomic E-state index is 12.5. The topological polar surface area (TPSA) is 103 Å². The Labute approximate surface area is 153 Å². The fraction of sp³-hybridized carbons (Fsp3) is 0.235. The van der Waals surface area contributed by atoms with Gasteiger partial charge in [-0.2, -0.15) is 8.78 Å². The molecule has 2 aromatic carbocycles. The van der Waals surface area contributed by atoms with Crippen LogP contribution < -0.4 is 20.1 Å². The molecule has 0 aliphatic heterocycles. The van der Waals surface area contributed by atoms with Gasteiger partial charge >= 0.3 is 12.6 Å². The zero-order valence-electron chi connectivity index (χ0n) is 14.4. The van der Waals surface area contributed by atoms with Gasteiger partial charge in [-0.3, -0.25) is 10.1 Å². The lowest BCUT2D eigenvalue weighted by Gasteiger charge is -2.19. The number of carbonyl (C=O) groups excluding carboxylic acids is 1. The highest BCUT2D eigenvalue weighted by Gasteiger charge is 2.18. The van der Waals surface area contributed by atoms with Crippen molar-refractivity contribution in [2.75, 3.05) is 12.4 Å². The molecule has 2 N–H and O–H groups in total. The Hall–Kier alpha value is -3.43. The normalized spacial score (nSPS) is 11.6. The number of methoxy groups -OCH3 is 1. The maximum Gasteiger partial charge on any atom is 0.387 e. The van der Waals surface area contributed by atoms with Gasteiger partial charge in [-0.05, 0) is 19.1 Å². The van der Waals surface area contributed by atoms with Gasteiger partial charge in [0.1, 0.15) is 11.5 Å². The second kappa shape index (κ2) is 8.79. The maximum absolute atomic E-state index is 12.5. The van der Waals surface area contributed by atoms with Gasteiger partial charge < -0.3 is 20.1 Å². The predicted molar refractivity (Wildman–Crippen MR) is 93.3 cm³/mol. The van der Waals surface area contributed by atoms with Gasteiger partial charge in [-0.1, -0.05) is 18.2 Å². The lowest BCUT2D eigenvalue weighted by molar-refractivity contribution is -0.384. The summed E-state index contributed by atoms with van der Waals surface area (Å²) in [4.78, 5) is 22.5. The summed E-state index contributed by atoms with van der Waals surface area (Å²) in [5, 5.41) is 15.9. The van der Waals surface area contributed by atoms with E-state index in [-0.39, 0.29) is 22.9 Å². The van der Waals surface area contributed by atoms with Crippen LogP contribution in [0.4, 0.5) is 25.0 Å². The molecule has 0 unspecified atom stereocenters. The van der Waals surface area contributed by atoms with E-state index in [1.165, 1.54) is 37.4 Å². The molecule has 0 radical (unpaired) electrons. The van der Waals surface area contributed by atoms with Crippen molar-refractivity contribution in [3.05, 3.63) is 58.1 Å². The minimum absolute atomic E-state index is 0.0618. The largest absolute Gasteiger partial charge is 0.495 e. The first-order valence-electron chi connectivity index (χ1n) is 7.75. The number of benzene rings is 2. The smallest absolute Gasteiger partial charge is 0.387 e. The Bertz CT molecular complexity index is 832. The fourth-order valence-corrected chi connectivity index (χ4v) is 2.38. The number of nitro benzene ring substituents is 1. The predicted octanol–water partition coefficient (Wildman–Crippen LogP) is 4.09. The van der Waals surface area contributed by atoms with Gasteiger partial charge in [-0.25, -0.2) is 4.79 Å². The van der Waals surface area contributed by atoms with Crippen LogP contribution in [0, 0.1) is 10.1 Å². The summed E-state index contributed by atoms with van der Waals surface area (Å²) in [7, 11) is 1.35. The molecular formula is C17H17F2N3O5. The molecule has 8 nitrogen and oxygen atoms in total. The van der Waals surface area contributed by atoms with Crippen molar-refractivity contribution in [1.29, 1.82) is 0 Å². The van der Waals surface area contributed by atoms with Gasteiger partial charge in [0.2, 0.25) is 0 Å². The van der Waals surface area contributed by atoms with E-state index in [9.17, 15) is 23.7 Å². The Morgan fingerprint density at radius 1 is 1.19 bits per heavy atom. The Morgan fingerprint density at radius 3 is 2.52 bits per heavy atom. The summed E-state index contributed by atoms with van der Waals surface area (Å²) >= 11 is 0. The molecule has 0 saturated carbocycles. The minimum Gasteiger partial charge on any atom is -0.495 e. The average molecular weight is 381 g/mol. The molecule has 10 heteroatoms. The number of carbonyl (C=O) groups is 1. The van der Waals surface area contributed by atoms with Gasteiger partial charge in [0.05, 0.1) is 23.8 Å². The average Bonchev–Trinajstić information content (AvgIpc) is 2.61. The van der Waals surface area contributed by atoms with E-state index >= 15 is 0 Å². The number of hydrogen-bond donors (Lipinski definition) is 2. The molecule has 0 fully saturated rings. The molecule has 27 heavy (non-hydrogen) atoms. The van der Waals surface area contributed by atoms with E-state index < -0.39 is 23.6 Å². The number of nitro groups is 1. The van der Waals surface area contributed by atoms with Crippen LogP contribution in [0.5, 0.6) is 11.5 Å². The van der Waals surface area contributed by atoms with Crippen LogP contribution in [0.3, 0.4) is 0 Å². The van der Waals surface area contributed by atoms with Crippen molar-refractivity contribution in [2.45, 2.75) is 19.6 Å². The van der Waals surface area contributed by atoms with E-state index in [1.807, 2.05) is 0 Å². The first-order valence-corrected chi connectivity index (χ1v) is 7.75. The number of rotatable bonds is 7. The van der Waals surface area contributed by atoms with Gasteiger partial charge in [0.15, 0.2) is 0 Å². The van der Waals surface area contributed by atoms with Crippen molar-refractivity contribution in [3.8, 4) is 11.5 Å². The molecule has 0 aromatic heterocycles. The molecule has 0 aliphatic carbocycles. The standard InChI is InChI=1S/C17H17F2N3O5/c1-10(12-5-3-4-6-14(12)27-16(18)19)20-17(23)21-13-9-11(22(24)25)7-8-15(13)26-2/h3-10,16H,1-2H3,(H2,20,21,23)/t10-/m0/s1. The molecule has 0 spiro atoms. The Balaban J connectivity index is 2.14. The van der Waals surface area contributed by atoms with Crippen molar-refractivity contribution in [3.63, 3.8) is 0 Å². The Morgan fingerprint density at radius 2 is 1.89 bits per heavy atom. The molecule has 0 aliphatic rings. The number of nitrogens with zero attached hydrogens (tertiary/aromatic N) is 1. The van der Waals surface area contributed by atoms with Gasteiger partial charge in [-0.15, -0.1) is 0 Å². The van der Waals surface area contributed by atoms with E-state index in [0.717, 1.165) is 6.07 Å². The number of alkyl halides is 2. The van der Waals surface area contributed by atoms with Gasteiger partial charge in [0.25, 0.3) is 5.69 Å². The molecule has 0 heterocycles. The highest BCUT2D eigenvalue weighted by atomic mass is 19.3. The van der Waals surface area contributed by atoms with Crippen LogP contribution in [0.2, 0.25) is 0 Å². The molecule has 2 rings (SSSR count). The SMILES string of the molecule is COc1ccc([N+](=O)[O-])cc1NC(=O)N[C@@H](C)c1ccccc1OC(F)F. The molecular weight excluding hydrogens is 364 g/mol. The number of ether oxygens (including phenoxy) is 2. The van der Waals surface area contributed by atoms with E-state index in [2.05, 4.69) is 15.4 Å². The van der Waals surface area contributed by atoms with Crippen LogP contribution in [0.1, 0.15) is 18.5 Å². The summed E-state index contributed by atoms with van der Waals surface area (Å²) in [5.41, 5.74) is 0.210. The third-order valence-corrected chi connectivity index (χ3v) is 3.59. The zero-order valence-corrected chi connectivity index (χ0v) is 14.4. The summed E-state index contributed by atoms with van der Waals surface area (Å²) < 4.78 is 34.5. The second-order valence-corrected chi connectivity index (χ2v) is 5.38. The number of halogens is 2. The van der Waals surface area contributed by atoms with Crippen LogP contribution in [-0.4, -0.2) is 24.7 Å². The number of non-ortho nitro benzene ring substituents is 1. The fourth-order valence-electron chi connectivity index (χ4n) is 2.38. The third kappa shape index (κ3) is 5.27. The number of amides is 2. The first kappa shape index (κ1) is 19.9. The van der Waals surface area contributed by atoms with E-state index in [0.29, 0.717) is 5.56 Å². The van der Waals surface area contributed by atoms with E-state index in [4.69, 9.17) is 4.74 Å². The van der Waals surface area contributed by atoms with Crippen molar-refractivity contribution in [2.24, 2.45) is 0 Å². The van der Waals surface area contributed by atoms with Crippen LogP contribution in [-0.2, 0) is 0 Å². The van der Waals surface area contributed by atoms with Crippen molar-refractivity contribution < 1.29 is 28.0 Å². The molecule has 0 bridgehead atoms. The van der Waals surface area contributed by atoms with Crippen molar-refractivity contribution >= 4 is 17.4 Å². The number of urea groups is 1. The molecule has 2 aromatic rings. The summed E-state index contributed by atoms with van der Waals surface area (Å²) in [6.07, 6.45) is 0. The second-order valence-electron chi connectivity index (χ2n) is 5.38. The number of nitrogens with one attached hydrogen (secondary N) is 2. The number of hydrogen-bond acceptors (Lipinski definition) is 5. The van der Waals surface area contributed by atoms with Crippen LogP contribution >= 0.6 is 0 Å². The number of anilines is 1. The summed E-state index contributed by atoms with van der Waals surface area (Å²) in [6, 6.07) is 8.41.